The quantitative estimate of drug-likeness (QED) is 0.805. The third kappa shape index (κ3) is 3.09. The molecule has 2 rings (SSSR count). The lowest BCUT2D eigenvalue weighted by Crippen LogP contribution is -2.08. The van der Waals surface area contributed by atoms with Crippen molar-refractivity contribution in [3.63, 3.8) is 0 Å². The molecule has 5 heteroatoms. The Hall–Kier alpha value is -1.78. The molecule has 1 aromatic heterocycles. The second-order valence-corrected chi connectivity index (χ2v) is 3.70. The van der Waals surface area contributed by atoms with E-state index in [1.54, 1.807) is 0 Å². The van der Waals surface area contributed by atoms with E-state index in [1.165, 1.54) is 10.9 Å². The van der Waals surface area contributed by atoms with Crippen LogP contribution < -0.4 is 0 Å². The summed E-state index contributed by atoms with van der Waals surface area (Å²) in [5.74, 6) is 0. The van der Waals surface area contributed by atoms with Gasteiger partial charge in [-0.05, 0) is 18.1 Å². The minimum atomic E-state index is -4.36. The van der Waals surface area contributed by atoms with Crippen LogP contribution >= 0.6 is 0 Å². The van der Waals surface area contributed by atoms with Crippen molar-refractivity contribution in [2.45, 2.75) is 19.1 Å². The Labute approximate surface area is 96.7 Å². The highest BCUT2D eigenvalue weighted by molar-refractivity contribution is 5.14. The zero-order chi connectivity index (χ0) is 12.3. The average Bonchev–Trinajstić information content (AvgIpc) is 2.76. The zero-order valence-corrected chi connectivity index (χ0v) is 8.98. The predicted octanol–water partition coefficient (Wildman–Crippen LogP) is 3.14. The Bertz CT molecular complexity index is 474. The van der Waals surface area contributed by atoms with E-state index in [0.29, 0.717) is 13.0 Å². The molecule has 0 saturated carbocycles. The molecule has 0 aliphatic heterocycles. The zero-order valence-electron chi connectivity index (χ0n) is 8.98. The van der Waals surface area contributed by atoms with Gasteiger partial charge in [0.1, 0.15) is 0 Å². The molecule has 2 aromatic rings. The minimum Gasteiger partial charge on any atom is -0.272 e. The normalized spacial score (nSPS) is 11.7. The first-order valence-electron chi connectivity index (χ1n) is 5.20. The third-order valence-corrected chi connectivity index (χ3v) is 2.40. The highest BCUT2D eigenvalue weighted by atomic mass is 19.4. The van der Waals surface area contributed by atoms with Gasteiger partial charge in [-0.15, -0.1) is 0 Å². The summed E-state index contributed by atoms with van der Waals surface area (Å²) in [7, 11) is 0. The molecule has 0 unspecified atom stereocenters. The van der Waals surface area contributed by atoms with Crippen LogP contribution in [0.25, 0.3) is 0 Å². The monoisotopic (exact) mass is 240 g/mol. The molecule has 0 saturated heterocycles. The first kappa shape index (κ1) is 11.7. The fraction of sp³-hybridized carbons (Fsp3) is 0.250. The molecule has 0 N–H and O–H groups in total. The molecule has 1 aromatic carbocycles. The number of hydrogen-bond acceptors (Lipinski definition) is 1. The fourth-order valence-electron chi connectivity index (χ4n) is 1.53. The van der Waals surface area contributed by atoms with Crippen LogP contribution in [0.4, 0.5) is 13.2 Å². The van der Waals surface area contributed by atoms with Gasteiger partial charge >= 0.3 is 6.18 Å². The molecule has 0 aliphatic carbocycles. The number of aromatic nitrogens is 2. The maximum atomic E-state index is 12.3. The van der Waals surface area contributed by atoms with E-state index in [9.17, 15) is 13.2 Å². The maximum Gasteiger partial charge on any atom is 0.435 e. The van der Waals surface area contributed by atoms with E-state index in [-0.39, 0.29) is 0 Å². The van der Waals surface area contributed by atoms with Crippen LogP contribution in [0.3, 0.4) is 0 Å². The van der Waals surface area contributed by atoms with Crippen molar-refractivity contribution >= 4 is 0 Å². The lowest BCUT2D eigenvalue weighted by Gasteiger charge is -2.03. The van der Waals surface area contributed by atoms with Gasteiger partial charge in [-0.3, -0.25) is 4.68 Å². The van der Waals surface area contributed by atoms with Crippen LogP contribution in [0, 0.1) is 0 Å². The molecular formula is C12H11F3N2. The van der Waals surface area contributed by atoms with Crippen LogP contribution in [-0.4, -0.2) is 9.78 Å². The molecular weight excluding hydrogens is 229 g/mol. The van der Waals surface area contributed by atoms with E-state index in [2.05, 4.69) is 5.10 Å². The highest BCUT2D eigenvalue weighted by Gasteiger charge is 2.33. The van der Waals surface area contributed by atoms with Crippen molar-refractivity contribution in [2.75, 3.05) is 0 Å². The molecule has 90 valence electrons. The Balaban J connectivity index is 1.99. The van der Waals surface area contributed by atoms with Gasteiger partial charge in [0.2, 0.25) is 0 Å². The smallest absolute Gasteiger partial charge is 0.272 e. The SMILES string of the molecule is FC(F)(F)c1ccn(CCc2ccccc2)n1. The second kappa shape index (κ2) is 4.61. The van der Waals surface area contributed by atoms with Gasteiger partial charge in [-0.25, -0.2) is 0 Å². The molecule has 0 fully saturated rings. The number of hydrogen-bond donors (Lipinski definition) is 0. The fourth-order valence-corrected chi connectivity index (χ4v) is 1.53. The second-order valence-electron chi connectivity index (χ2n) is 3.70. The summed E-state index contributed by atoms with van der Waals surface area (Å²) in [6, 6.07) is 10.6. The number of aryl methyl sites for hydroxylation is 2. The molecule has 2 nitrogen and oxygen atoms in total. The molecule has 17 heavy (non-hydrogen) atoms. The average molecular weight is 240 g/mol. The van der Waals surface area contributed by atoms with Gasteiger partial charge in [-0.1, -0.05) is 30.3 Å². The summed E-state index contributed by atoms with van der Waals surface area (Å²) in [5, 5.41) is 3.49. The number of rotatable bonds is 3. The summed E-state index contributed by atoms with van der Waals surface area (Å²) in [6.45, 7) is 0.445. The van der Waals surface area contributed by atoms with Gasteiger partial charge in [0.15, 0.2) is 5.69 Å². The van der Waals surface area contributed by atoms with E-state index in [4.69, 9.17) is 0 Å². The minimum absolute atomic E-state index is 0.445. The number of halogens is 3. The van der Waals surface area contributed by atoms with Crippen molar-refractivity contribution in [2.24, 2.45) is 0 Å². The summed E-state index contributed by atoms with van der Waals surface area (Å²) >= 11 is 0. The standard InChI is InChI=1S/C12H11F3N2/c13-12(14,15)11-7-9-17(16-11)8-6-10-4-2-1-3-5-10/h1-5,7,9H,6,8H2. The number of nitrogens with zero attached hydrogens (tertiary/aromatic N) is 2. The van der Waals surface area contributed by atoms with Crippen LogP contribution in [0.15, 0.2) is 42.6 Å². The van der Waals surface area contributed by atoms with Gasteiger partial charge in [0.05, 0.1) is 0 Å². The van der Waals surface area contributed by atoms with Crippen LogP contribution in [0.1, 0.15) is 11.3 Å². The van der Waals surface area contributed by atoms with Crippen molar-refractivity contribution in [1.29, 1.82) is 0 Å². The topological polar surface area (TPSA) is 17.8 Å². The Kier molecular flexibility index (Phi) is 3.17. The van der Waals surface area contributed by atoms with Crippen molar-refractivity contribution < 1.29 is 13.2 Å². The van der Waals surface area contributed by atoms with E-state index >= 15 is 0 Å². The van der Waals surface area contributed by atoms with E-state index in [1.807, 2.05) is 30.3 Å². The Morgan fingerprint density at radius 1 is 1.06 bits per heavy atom. The van der Waals surface area contributed by atoms with Crippen molar-refractivity contribution in [3.05, 3.63) is 53.9 Å². The van der Waals surface area contributed by atoms with Crippen LogP contribution in [-0.2, 0) is 19.1 Å². The number of alkyl halides is 3. The Morgan fingerprint density at radius 3 is 2.35 bits per heavy atom. The van der Waals surface area contributed by atoms with Crippen molar-refractivity contribution in [3.8, 4) is 0 Å². The molecule has 0 amide bonds. The van der Waals surface area contributed by atoms with Crippen LogP contribution in [0.5, 0.6) is 0 Å². The van der Waals surface area contributed by atoms with Gasteiger partial charge in [0, 0.05) is 12.7 Å². The highest BCUT2D eigenvalue weighted by Crippen LogP contribution is 2.27. The Morgan fingerprint density at radius 2 is 1.76 bits per heavy atom. The van der Waals surface area contributed by atoms with Crippen molar-refractivity contribution in [1.82, 2.24) is 9.78 Å². The summed E-state index contributed by atoms with van der Waals surface area (Å²) < 4.78 is 38.2. The molecule has 1 heterocycles. The molecule has 0 aliphatic rings. The lowest BCUT2D eigenvalue weighted by atomic mass is 10.2. The molecule has 0 radical (unpaired) electrons. The molecule has 0 bridgehead atoms. The lowest BCUT2D eigenvalue weighted by molar-refractivity contribution is -0.141. The summed E-state index contributed by atoms with van der Waals surface area (Å²) in [6.07, 6.45) is -2.34. The first-order valence-corrected chi connectivity index (χ1v) is 5.20. The van der Waals surface area contributed by atoms with Gasteiger partial charge < -0.3 is 0 Å². The number of benzene rings is 1. The summed E-state index contributed by atoms with van der Waals surface area (Å²) in [4.78, 5) is 0. The van der Waals surface area contributed by atoms with Gasteiger partial charge in [-0.2, -0.15) is 18.3 Å². The largest absolute Gasteiger partial charge is 0.435 e. The molecule has 0 spiro atoms. The predicted molar refractivity (Wildman–Crippen MR) is 57.4 cm³/mol. The summed E-state index contributed by atoms with van der Waals surface area (Å²) in [5.41, 5.74) is 0.238. The third-order valence-electron chi connectivity index (χ3n) is 2.40. The first-order chi connectivity index (χ1) is 8.05. The van der Waals surface area contributed by atoms with E-state index < -0.39 is 11.9 Å². The maximum absolute atomic E-state index is 12.3. The van der Waals surface area contributed by atoms with E-state index in [0.717, 1.165) is 11.6 Å². The molecule has 0 atom stereocenters. The van der Waals surface area contributed by atoms with Crippen LogP contribution in [0.2, 0.25) is 0 Å². The van der Waals surface area contributed by atoms with Gasteiger partial charge in [0.25, 0.3) is 0 Å².